The number of ether oxygens (including phenoxy) is 1. The number of phenols is 1. The Morgan fingerprint density at radius 3 is 1.81 bits per heavy atom. The number of aromatic hydroxyl groups is 1. The molecule has 0 bridgehead atoms. The molecule has 0 atom stereocenters. The Hall–Kier alpha value is -2.04. The van der Waals surface area contributed by atoms with Crippen molar-refractivity contribution in [3.05, 3.63) is 23.3 Å². The minimum atomic E-state index is -0.864. The number of hydrogen-bond donors (Lipinski definition) is 1. The van der Waals surface area contributed by atoms with E-state index in [-0.39, 0.29) is 35.0 Å². The third kappa shape index (κ3) is 6.98. The lowest BCUT2D eigenvalue weighted by Crippen LogP contribution is -2.43. The SMILES string of the molecule is CCCCCC(=O)N(CC(C)(C)C(=O)OC)c1cc(C(C)(C)C)c(O)c(C(C)(C)C)c1. The van der Waals surface area contributed by atoms with Gasteiger partial charge in [0.15, 0.2) is 0 Å². The largest absolute Gasteiger partial charge is 0.507 e. The average molecular weight is 434 g/mol. The van der Waals surface area contributed by atoms with E-state index in [0.29, 0.717) is 12.1 Å². The number of unbranched alkanes of at least 4 members (excludes halogenated alkanes) is 2. The van der Waals surface area contributed by atoms with Gasteiger partial charge in [-0.05, 0) is 43.2 Å². The summed E-state index contributed by atoms with van der Waals surface area (Å²) >= 11 is 0. The highest BCUT2D eigenvalue weighted by molar-refractivity contribution is 5.95. The van der Waals surface area contributed by atoms with E-state index in [1.165, 1.54) is 7.11 Å². The highest BCUT2D eigenvalue weighted by atomic mass is 16.5. The number of anilines is 1. The molecule has 0 aliphatic heterocycles. The number of carbonyl (C=O) groups is 2. The van der Waals surface area contributed by atoms with Crippen molar-refractivity contribution in [2.24, 2.45) is 5.41 Å². The first-order chi connectivity index (χ1) is 14.1. The zero-order valence-electron chi connectivity index (χ0n) is 21.3. The van der Waals surface area contributed by atoms with Gasteiger partial charge in [0, 0.05) is 29.8 Å². The van der Waals surface area contributed by atoms with Crippen LogP contribution in [0.4, 0.5) is 5.69 Å². The number of hydrogen-bond acceptors (Lipinski definition) is 4. The number of methoxy groups -OCH3 is 1. The standard InChI is InChI=1S/C26H43NO4/c1-11-12-13-14-21(28)27(17-26(8,9)23(30)31-10)18-15-19(24(2,3)4)22(29)20(16-18)25(5,6)7/h15-16,29H,11-14,17H2,1-10H3. The molecule has 176 valence electrons. The van der Waals surface area contributed by atoms with Crippen LogP contribution in [-0.4, -0.2) is 30.6 Å². The molecule has 0 fully saturated rings. The van der Waals surface area contributed by atoms with E-state index in [4.69, 9.17) is 4.74 Å². The van der Waals surface area contributed by atoms with Crippen LogP contribution in [0.2, 0.25) is 0 Å². The number of rotatable bonds is 8. The van der Waals surface area contributed by atoms with E-state index in [1.807, 2.05) is 53.7 Å². The van der Waals surface area contributed by atoms with Gasteiger partial charge in [0.1, 0.15) is 5.75 Å². The van der Waals surface area contributed by atoms with Crippen molar-refractivity contribution < 1.29 is 19.4 Å². The lowest BCUT2D eigenvalue weighted by molar-refractivity contribution is -0.150. The molecule has 1 N–H and O–H groups in total. The number of benzene rings is 1. The fourth-order valence-corrected chi connectivity index (χ4v) is 3.64. The van der Waals surface area contributed by atoms with Crippen LogP contribution in [-0.2, 0) is 25.2 Å². The molecule has 1 aromatic rings. The molecule has 0 spiro atoms. The number of phenolic OH excluding ortho intramolecular Hbond substituents is 1. The van der Waals surface area contributed by atoms with E-state index >= 15 is 0 Å². The summed E-state index contributed by atoms with van der Waals surface area (Å²) in [5, 5.41) is 11.1. The second-order valence-electron chi connectivity index (χ2n) is 11.2. The first kappa shape index (κ1) is 27.0. The van der Waals surface area contributed by atoms with Gasteiger partial charge in [0.2, 0.25) is 5.91 Å². The van der Waals surface area contributed by atoms with Gasteiger partial charge < -0.3 is 14.7 Å². The van der Waals surface area contributed by atoms with Crippen molar-refractivity contribution in [1.82, 2.24) is 0 Å². The van der Waals surface area contributed by atoms with E-state index < -0.39 is 5.41 Å². The van der Waals surface area contributed by atoms with Crippen molar-refractivity contribution in [3.63, 3.8) is 0 Å². The van der Waals surface area contributed by atoms with Crippen LogP contribution in [0.5, 0.6) is 5.75 Å². The zero-order chi connectivity index (χ0) is 24.2. The summed E-state index contributed by atoms with van der Waals surface area (Å²) in [6, 6.07) is 3.80. The summed E-state index contributed by atoms with van der Waals surface area (Å²) in [6.07, 6.45) is 3.24. The number of carbonyl (C=O) groups excluding carboxylic acids is 2. The molecule has 1 aromatic carbocycles. The van der Waals surface area contributed by atoms with E-state index in [2.05, 4.69) is 6.92 Å². The molecule has 0 aliphatic rings. The van der Waals surface area contributed by atoms with Gasteiger partial charge >= 0.3 is 5.97 Å². The molecule has 0 saturated carbocycles. The van der Waals surface area contributed by atoms with Crippen molar-refractivity contribution >= 4 is 17.6 Å². The molecular weight excluding hydrogens is 390 g/mol. The van der Waals surface area contributed by atoms with Crippen LogP contribution in [0.3, 0.4) is 0 Å². The quantitative estimate of drug-likeness (QED) is 0.397. The van der Waals surface area contributed by atoms with Crippen LogP contribution in [0, 0.1) is 5.41 Å². The Balaban J connectivity index is 3.65. The van der Waals surface area contributed by atoms with Gasteiger partial charge in [0.05, 0.1) is 12.5 Å². The zero-order valence-corrected chi connectivity index (χ0v) is 21.3. The van der Waals surface area contributed by atoms with Crippen LogP contribution in [0.25, 0.3) is 0 Å². The van der Waals surface area contributed by atoms with Gasteiger partial charge in [-0.3, -0.25) is 9.59 Å². The molecule has 0 saturated heterocycles. The maximum atomic E-state index is 13.3. The summed E-state index contributed by atoms with van der Waals surface area (Å²) in [6.45, 7) is 18.2. The van der Waals surface area contributed by atoms with E-state index in [9.17, 15) is 14.7 Å². The molecule has 0 heterocycles. The number of amides is 1. The smallest absolute Gasteiger partial charge is 0.313 e. The minimum Gasteiger partial charge on any atom is -0.507 e. The van der Waals surface area contributed by atoms with E-state index in [1.54, 1.807) is 18.7 Å². The predicted octanol–water partition coefficient (Wildman–Crippen LogP) is 6.10. The molecule has 31 heavy (non-hydrogen) atoms. The second kappa shape index (κ2) is 10.1. The molecule has 5 nitrogen and oxygen atoms in total. The van der Waals surface area contributed by atoms with Crippen LogP contribution >= 0.6 is 0 Å². The molecular formula is C26H43NO4. The Kier molecular flexibility index (Phi) is 8.75. The fraction of sp³-hybridized carbons (Fsp3) is 0.692. The first-order valence-electron chi connectivity index (χ1n) is 11.3. The second-order valence-corrected chi connectivity index (χ2v) is 11.2. The topological polar surface area (TPSA) is 66.8 Å². The highest BCUT2D eigenvalue weighted by Crippen LogP contribution is 2.42. The van der Waals surface area contributed by atoms with Crippen molar-refractivity contribution in [1.29, 1.82) is 0 Å². The summed E-state index contributed by atoms with van der Waals surface area (Å²) < 4.78 is 4.99. The Labute approximate surface area is 189 Å². The molecule has 0 aliphatic carbocycles. The Morgan fingerprint density at radius 2 is 1.42 bits per heavy atom. The molecule has 5 heteroatoms. The van der Waals surface area contributed by atoms with Gasteiger partial charge in [-0.15, -0.1) is 0 Å². The maximum absolute atomic E-state index is 13.3. The lowest BCUT2D eigenvalue weighted by atomic mass is 9.79. The maximum Gasteiger partial charge on any atom is 0.313 e. The van der Waals surface area contributed by atoms with Crippen molar-refractivity contribution in [2.45, 2.75) is 98.8 Å². The molecule has 0 aromatic heterocycles. The van der Waals surface area contributed by atoms with Gasteiger partial charge in [-0.1, -0.05) is 61.3 Å². The summed E-state index contributed by atoms with van der Waals surface area (Å²) in [5.74, 6) is -0.102. The summed E-state index contributed by atoms with van der Waals surface area (Å²) in [5.41, 5.74) is 0.807. The number of esters is 1. The third-order valence-electron chi connectivity index (χ3n) is 5.61. The Bertz CT molecular complexity index is 747. The molecule has 1 amide bonds. The highest BCUT2D eigenvalue weighted by Gasteiger charge is 2.35. The lowest BCUT2D eigenvalue weighted by Gasteiger charge is -2.34. The van der Waals surface area contributed by atoms with Crippen molar-refractivity contribution in [3.8, 4) is 5.75 Å². The van der Waals surface area contributed by atoms with Crippen LogP contribution < -0.4 is 4.90 Å². The third-order valence-corrected chi connectivity index (χ3v) is 5.61. The molecule has 0 radical (unpaired) electrons. The monoisotopic (exact) mass is 433 g/mol. The van der Waals surface area contributed by atoms with Gasteiger partial charge in [-0.25, -0.2) is 0 Å². The molecule has 1 rings (SSSR count). The Morgan fingerprint density at radius 1 is 0.935 bits per heavy atom. The first-order valence-corrected chi connectivity index (χ1v) is 11.3. The summed E-state index contributed by atoms with van der Waals surface area (Å²) in [4.78, 5) is 27.4. The van der Waals surface area contributed by atoms with Gasteiger partial charge in [0.25, 0.3) is 0 Å². The minimum absolute atomic E-state index is 0.0177. The van der Waals surface area contributed by atoms with Gasteiger partial charge in [-0.2, -0.15) is 0 Å². The van der Waals surface area contributed by atoms with Crippen LogP contribution in [0.1, 0.15) is 99.1 Å². The van der Waals surface area contributed by atoms with Crippen molar-refractivity contribution in [2.75, 3.05) is 18.6 Å². The van der Waals surface area contributed by atoms with E-state index in [0.717, 1.165) is 30.4 Å². The average Bonchev–Trinajstić information content (AvgIpc) is 2.63. The molecule has 0 unspecified atom stereocenters. The normalized spacial score (nSPS) is 12.6. The fourth-order valence-electron chi connectivity index (χ4n) is 3.64. The predicted molar refractivity (Wildman–Crippen MR) is 128 cm³/mol. The number of nitrogens with zero attached hydrogens (tertiary/aromatic N) is 1. The summed E-state index contributed by atoms with van der Waals surface area (Å²) in [7, 11) is 1.37. The van der Waals surface area contributed by atoms with Crippen LogP contribution in [0.15, 0.2) is 12.1 Å².